The molecule has 2 aliphatic rings. The number of hydrogen-bond acceptors (Lipinski definition) is 5. The second-order valence-corrected chi connectivity index (χ2v) is 10.4. The van der Waals surface area contributed by atoms with Crippen LogP contribution in [0.1, 0.15) is 34.3 Å². The number of aromatic nitrogens is 1. The molecule has 1 atom stereocenters. The number of fused-ring (bicyclic) bond motifs is 4. The Bertz CT molecular complexity index is 1310. The van der Waals surface area contributed by atoms with Gasteiger partial charge in [-0.05, 0) is 61.1 Å². The molecule has 2 N–H and O–H groups in total. The Hall–Kier alpha value is -2.83. The smallest absolute Gasteiger partial charge is 0.275 e. The molecule has 31 heavy (non-hydrogen) atoms. The molecular formula is C25H21N3OS2. The SMILES string of the molecule is C[C@H]1CCc2nc3sc(C(=O)N4c5ccccc5Sc5ccccc54)c(N)c3cc2C1. The Balaban J connectivity index is 1.50. The first kappa shape index (κ1) is 18.9. The number of amides is 1. The van der Waals surface area contributed by atoms with Crippen LogP contribution in [-0.2, 0) is 12.8 Å². The zero-order valence-corrected chi connectivity index (χ0v) is 18.7. The van der Waals surface area contributed by atoms with Crippen LogP contribution in [-0.4, -0.2) is 10.9 Å². The van der Waals surface area contributed by atoms with E-state index in [0.29, 0.717) is 16.5 Å². The van der Waals surface area contributed by atoms with Crippen molar-refractivity contribution >= 4 is 56.3 Å². The van der Waals surface area contributed by atoms with Gasteiger partial charge >= 0.3 is 0 Å². The first-order valence-corrected chi connectivity index (χ1v) is 12.1. The Labute approximate surface area is 189 Å². The Morgan fingerprint density at radius 2 is 1.77 bits per heavy atom. The number of rotatable bonds is 1. The normalized spacial score (nSPS) is 17.2. The van der Waals surface area contributed by atoms with E-state index in [4.69, 9.17) is 10.7 Å². The largest absolute Gasteiger partial charge is 0.397 e. The summed E-state index contributed by atoms with van der Waals surface area (Å²) >= 11 is 3.11. The molecule has 1 aliphatic heterocycles. The number of thiophene rings is 1. The average molecular weight is 444 g/mol. The highest BCUT2D eigenvalue weighted by Gasteiger charge is 2.31. The van der Waals surface area contributed by atoms with Crippen molar-refractivity contribution in [1.82, 2.24) is 4.98 Å². The lowest BCUT2D eigenvalue weighted by Gasteiger charge is -2.30. The topological polar surface area (TPSA) is 59.2 Å². The monoisotopic (exact) mass is 443 g/mol. The van der Waals surface area contributed by atoms with Gasteiger partial charge in [0.2, 0.25) is 0 Å². The van der Waals surface area contributed by atoms with Gasteiger partial charge < -0.3 is 5.73 Å². The lowest BCUT2D eigenvalue weighted by molar-refractivity contribution is 0.100. The van der Waals surface area contributed by atoms with E-state index >= 15 is 0 Å². The van der Waals surface area contributed by atoms with Crippen LogP contribution < -0.4 is 10.6 Å². The molecule has 0 spiro atoms. The number of nitrogens with two attached hydrogens (primary N) is 1. The van der Waals surface area contributed by atoms with Gasteiger partial charge in [0, 0.05) is 20.9 Å². The fourth-order valence-electron chi connectivity index (χ4n) is 4.56. The van der Waals surface area contributed by atoms with Crippen molar-refractivity contribution in [2.24, 2.45) is 5.92 Å². The number of benzene rings is 2. The van der Waals surface area contributed by atoms with Crippen molar-refractivity contribution in [3.05, 3.63) is 70.7 Å². The van der Waals surface area contributed by atoms with Crippen molar-refractivity contribution < 1.29 is 4.79 Å². The van der Waals surface area contributed by atoms with Gasteiger partial charge in [-0.1, -0.05) is 43.0 Å². The second kappa shape index (κ2) is 7.11. The van der Waals surface area contributed by atoms with E-state index in [0.717, 1.165) is 56.3 Å². The minimum atomic E-state index is -0.0907. The zero-order chi connectivity index (χ0) is 21.1. The third-order valence-electron chi connectivity index (χ3n) is 6.16. The molecule has 2 aromatic carbocycles. The standard InChI is InChI=1S/C25H21N3OS2/c1-14-10-11-17-15(12-14)13-16-22(26)23(31-24(16)27-17)25(29)28-18-6-2-4-8-20(18)30-21-9-5-3-7-19(21)28/h2-9,13-14H,10-12,26H2,1H3/t14-/m0/s1. The average Bonchev–Trinajstić information content (AvgIpc) is 3.11. The van der Waals surface area contributed by atoms with Crippen molar-refractivity contribution in [1.29, 1.82) is 0 Å². The maximum atomic E-state index is 13.9. The van der Waals surface area contributed by atoms with E-state index < -0.39 is 0 Å². The van der Waals surface area contributed by atoms with E-state index in [-0.39, 0.29) is 5.91 Å². The number of aryl methyl sites for hydroxylation is 1. The van der Waals surface area contributed by atoms with Crippen LogP contribution in [0.4, 0.5) is 17.1 Å². The third kappa shape index (κ3) is 2.97. The molecule has 1 amide bonds. The number of anilines is 3. The number of pyridine rings is 1. The summed E-state index contributed by atoms with van der Waals surface area (Å²) in [5.74, 6) is 0.568. The van der Waals surface area contributed by atoms with Gasteiger partial charge in [0.1, 0.15) is 9.71 Å². The minimum Gasteiger partial charge on any atom is -0.397 e. The fraction of sp³-hybridized carbons (Fsp3) is 0.200. The Kier molecular flexibility index (Phi) is 4.33. The van der Waals surface area contributed by atoms with Gasteiger partial charge in [0.05, 0.1) is 17.1 Å². The van der Waals surface area contributed by atoms with Crippen molar-refractivity contribution in [2.45, 2.75) is 36.0 Å². The fourth-order valence-corrected chi connectivity index (χ4v) is 6.64. The number of para-hydroxylation sites is 2. The zero-order valence-electron chi connectivity index (χ0n) is 17.1. The second-order valence-electron chi connectivity index (χ2n) is 8.32. The lowest BCUT2D eigenvalue weighted by atomic mass is 9.87. The van der Waals surface area contributed by atoms with Crippen LogP contribution in [0.15, 0.2) is 64.4 Å². The van der Waals surface area contributed by atoms with E-state index in [9.17, 15) is 4.79 Å². The van der Waals surface area contributed by atoms with Crippen LogP contribution >= 0.6 is 23.1 Å². The van der Waals surface area contributed by atoms with E-state index in [1.807, 2.05) is 41.3 Å². The van der Waals surface area contributed by atoms with Crippen LogP contribution in [0, 0.1) is 5.92 Å². The molecule has 0 saturated heterocycles. The highest BCUT2D eigenvalue weighted by Crippen LogP contribution is 2.49. The number of nitrogens with zero attached hydrogens (tertiary/aromatic N) is 2. The number of carbonyl (C=O) groups is 1. The number of hydrogen-bond donors (Lipinski definition) is 1. The molecule has 4 aromatic rings. The molecule has 0 unspecified atom stereocenters. The molecule has 6 heteroatoms. The molecule has 2 aromatic heterocycles. The van der Waals surface area contributed by atoms with E-state index in [1.54, 1.807) is 11.8 Å². The Morgan fingerprint density at radius 3 is 2.48 bits per heavy atom. The molecule has 1 aliphatic carbocycles. The molecule has 154 valence electrons. The first-order valence-electron chi connectivity index (χ1n) is 10.5. The minimum absolute atomic E-state index is 0.0907. The van der Waals surface area contributed by atoms with Crippen LogP contribution in [0.5, 0.6) is 0 Å². The lowest BCUT2D eigenvalue weighted by Crippen LogP contribution is -2.28. The molecule has 0 bridgehead atoms. The summed E-state index contributed by atoms with van der Waals surface area (Å²) in [4.78, 5) is 24.2. The summed E-state index contributed by atoms with van der Waals surface area (Å²) in [6.07, 6.45) is 3.19. The van der Waals surface area contributed by atoms with Crippen molar-refractivity contribution in [2.75, 3.05) is 10.6 Å². The van der Waals surface area contributed by atoms with Crippen LogP contribution in [0.25, 0.3) is 10.2 Å². The van der Waals surface area contributed by atoms with Crippen LogP contribution in [0.2, 0.25) is 0 Å². The summed E-state index contributed by atoms with van der Waals surface area (Å²) in [6.45, 7) is 2.28. The van der Waals surface area contributed by atoms with Crippen molar-refractivity contribution in [3.8, 4) is 0 Å². The van der Waals surface area contributed by atoms with Gasteiger partial charge in [-0.15, -0.1) is 11.3 Å². The van der Waals surface area contributed by atoms with Gasteiger partial charge in [0.25, 0.3) is 5.91 Å². The quantitative estimate of drug-likeness (QED) is 0.367. The van der Waals surface area contributed by atoms with Crippen LogP contribution in [0.3, 0.4) is 0 Å². The van der Waals surface area contributed by atoms with Gasteiger partial charge in [-0.2, -0.15) is 0 Å². The molecule has 0 fully saturated rings. The summed E-state index contributed by atoms with van der Waals surface area (Å²) in [5, 5.41) is 0.911. The highest BCUT2D eigenvalue weighted by molar-refractivity contribution is 7.99. The molecule has 3 heterocycles. The maximum absolute atomic E-state index is 13.9. The molecular weight excluding hydrogens is 422 g/mol. The summed E-state index contributed by atoms with van der Waals surface area (Å²) < 4.78 is 0. The predicted molar refractivity (Wildman–Crippen MR) is 129 cm³/mol. The van der Waals surface area contributed by atoms with Gasteiger partial charge in [0.15, 0.2) is 0 Å². The third-order valence-corrected chi connectivity index (χ3v) is 8.40. The molecule has 4 nitrogen and oxygen atoms in total. The van der Waals surface area contributed by atoms with Gasteiger partial charge in [-0.25, -0.2) is 4.98 Å². The maximum Gasteiger partial charge on any atom is 0.275 e. The number of nitrogen functional groups attached to an aromatic ring is 1. The molecule has 6 rings (SSSR count). The summed E-state index contributed by atoms with van der Waals surface area (Å²) in [6, 6.07) is 18.2. The predicted octanol–water partition coefficient (Wildman–Crippen LogP) is 6.45. The Morgan fingerprint density at radius 1 is 1.10 bits per heavy atom. The van der Waals surface area contributed by atoms with E-state index in [2.05, 4.69) is 25.1 Å². The van der Waals surface area contributed by atoms with Gasteiger partial charge in [-0.3, -0.25) is 9.69 Å². The van der Waals surface area contributed by atoms with E-state index in [1.165, 1.54) is 16.9 Å². The first-order chi connectivity index (χ1) is 15.1. The summed E-state index contributed by atoms with van der Waals surface area (Å²) in [7, 11) is 0. The molecule has 0 radical (unpaired) electrons. The highest BCUT2D eigenvalue weighted by atomic mass is 32.2. The van der Waals surface area contributed by atoms with Crippen molar-refractivity contribution in [3.63, 3.8) is 0 Å². The molecule has 0 saturated carbocycles. The summed E-state index contributed by atoms with van der Waals surface area (Å²) in [5.41, 5.74) is 11.4. The number of carbonyl (C=O) groups excluding carboxylic acids is 1.